The molecule has 3 rings (SSSR count). The van der Waals surface area contributed by atoms with Crippen molar-refractivity contribution in [2.45, 2.75) is 18.9 Å². The Labute approximate surface area is 102 Å². The number of H-pyrrole nitrogens is 1. The molecule has 5 nitrogen and oxygen atoms in total. The maximum absolute atomic E-state index is 13.5. The van der Waals surface area contributed by atoms with E-state index in [1.165, 1.54) is 12.3 Å². The molecule has 0 aliphatic heterocycles. The molecule has 2 aromatic rings. The molecule has 2 N–H and O–H groups in total. The van der Waals surface area contributed by atoms with Crippen molar-refractivity contribution in [3.05, 3.63) is 47.0 Å². The first-order valence-electron chi connectivity index (χ1n) is 5.69. The smallest absolute Gasteiger partial charge is 0.273 e. The van der Waals surface area contributed by atoms with E-state index in [4.69, 9.17) is 0 Å². The van der Waals surface area contributed by atoms with Crippen LogP contribution in [0.2, 0.25) is 0 Å². The van der Waals surface area contributed by atoms with Crippen molar-refractivity contribution in [1.82, 2.24) is 20.7 Å². The van der Waals surface area contributed by atoms with Crippen molar-refractivity contribution in [3.63, 3.8) is 0 Å². The predicted octanol–water partition coefficient (Wildman–Crippen LogP) is 1.36. The lowest BCUT2D eigenvalue weighted by molar-refractivity contribution is 0.0931. The molecular weight excluding hydrogens is 235 g/mol. The molecule has 1 aromatic carbocycles. The van der Waals surface area contributed by atoms with E-state index in [-0.39, 0.29) is 23.5 Å². The van der Waals surface area contributed by atoms with Gasteiger partial charge < -0.3 is 5.32 Å². The van der Waals surface area contributed by atoms with Gasteiger partial charge >= 0.3 is 0 Å². The van der Waals surface area contributed by atoms with Crippen LogP contribution in [0.1, 0.15) is 34.1 Å². The molecule has 0 spiro atoms. The largest absolute Gasteiger partial charge is 0.344 e. The van der Waals surface area contributed by atoms with Gasteiger partial charge in [-0.05, 0) is 30.0 Å². The van der Waals surface area contributed by atoms with Gasteiger partial charge in [-0.15, -0.1) is 0 Å². The summed E-state index contributed by atoms with van der Waals surface area (Å²) in [6, 6.07) is 4.80. The standard InChI is InChI=1S/C12H11FN4O/c13-9-3-1-2-8-7(9)4-5-10(8)15-12(18)11-6-14-17-16-11/h1-3,6,10H,4-5H2,(H,15,18)(H,14,16,17). The first kappa shape index (κ1) is 10.9. The molecule has 92 valence electrons. The maximum atomic E-state index is 13.5. The number of hydrogen-bond acceptors (Lipinski definition) is 3. The predicted molar refractivity (Wildman–Crippen MR) is 61.3 cm³/mol. The monoisotopic (exact) mass is 246 g/mol. The molecular formula is C12H11FN4O. The minimum absolute atomic E-state index is 0.153. The van der Waals surface area contributed by atoms with Gasteiger partial charge in [-0.3, -0.25) is 4.79 Å². The minimum atomic E-state index is -0.300. The Morgan fingerprint density at radius 1 is 1.50 bits per heavy atom. The summed E-state index contributed by atoms with van der Waals surface area (Å²) in [6.45, 7) is 0. The quantitative estimate of drug-likeness (QED) is 0.840. The zero-order chi connectivity index (χ0) is 12.5. The summed E-state index contributed by atoms with van der Waals surface area (Å²) >= 11 is 0. The zero-order valence-corrected chi connectivity index (χ0v) is 9.48. The molecule has 0 fully saturated rings. The molecule has 1 amide bonds. The van der Waals surface area contributed by atoms with Crippen molar-refractivity contribution in [3.8, 4) is 0 Å². The highest BCUT2D eigenvalue weighted by atomic mass is 19.1. The molecule has 6 heteroatoms. The summed E-state index contributed by atoms with van der Waals surface area (Å²) in [4.78, 5) is 11.8. The SMILES string of the molecule is O=C(NC1CCc2c(F)cccc21)c1cn[nH]n1. The van der Waals surface area contributed by atoms with E-state index in [1.807, 2.05) is 6.07 Å². The van der Waals surface area contributed by atoms with Crippen LogP contribution in [-0.4, -0.2) is 21.3 Å². The maximum Gasteiger partial charge on any atom is 0.273 e. The van der Waals surface area contributed by atoms with Crippen molar-refractivity contribution in [2.75, 3.05) is 0 Å². The first-order chi connectivity index (χ1) is 8.75. The van der Waals surface area contributed by atoms with Crippen LogP contribution < -0.4 is 5.32 Å². The van der Waals surface area contributed by atoms with Crippen LogP contribution in [0.3, 0.4) is 0 Å². The lowest BCUT2D eigenvalue weighted by Crippen LogP contribution is -2.27. The lowest BCUT2D eigenvalue weighted by Gasteiger charge is -2.12. The number of rotatable bonds is 2. The van der Waals surface area contributed by atoms with Gasteiger partial charge in [-0.25, -0.2) is 4.39 Å². The van der Waals surface area contributed by atoms with E-state index in [0.717, 1.165) is 5.56 Å². The number of halogens is 1. The van der Waals surface area contributed by atoms with Gasteiger partial charge in [0.15, 0.2) is 5.69 Å². The molecule has 1 aromatic heterocycles. The van der Waals surface area contributed by atoms with Gasteiger partial charge in [0.1, 0.15) is 5.82 Å². The van der Waals surface area contributed by atoms with E-state index >= 15 is 0 Å². The van der Waals surface area contributed by atoms with Crippen LogP contribution in [0.5, 0.6) is 0 Å². The Bertz CT molecular complexity index is 582. The fraction of sp³-hybridized carbons (Fsp3) is 0.250. The molecule has 0 radical (unpaired) electrons. The average Bonchev–Trinajstić information content (AvgIpc) is 2.99. The summed E-state index contributed by atoms with van der Waals surface area (Å²) in [5.41, 5.74) is 1.79. The Kier molecular flexibility index (Phi) is 2.55. The number of nitrogens with zero attached hydrogens (tertiary/aromatic N) is 2. The normalized spacial score (nSPS) is 17.5. The second kappa shape index (κ2) is 4.21. The summed E-state index contributed by atoms with van der Waals surface area (Å²) in [7, 11) is 0. The molecule has 0 bridgehead atoms. The summed E-state index contributed by atoms with van der Waals surface area (Å²) in [5.74, 6) is -0.503. The van der Waals surface area contributed by atoms with Gasteiger partial charge in [-0.1, -0.05) is 12.1 Å². The van der Waals surface area contributed by atoms with Crippen LogP contribution in [0.25, 0.3) is 0 Å². The van der Waals surface area contributed by atoms with Gasteiger partial charge in [0, 0.05) is 0 Å². The van der Waals surface area contributed by atoms with Gasteiger partial charge in [0.2, 0.25) is 0 Å². The minimum Gasteiger partial charge on any atom is -0.344 e. The van der Waals surface area contributed by atoms with E-state index in [0.29, 0.717) is 18.4 Å². The molecule has 1 unspecified atom stereocenters. The van der Waals surface area contributed by atoms with Crippen LogP contribution in [-0.2, 0) is 6.42 Å². The van der Waals surface area contributed by atoms with Gasteiger partial charge in [-0.2, -0.15) is 15.4 Å². The average molecular weight is 246 g/mol. The summed E-state index contributed by atoms with van der Waals surface area (Å²) in [5, 5.41) is 12.5. The topological polar surface area (TPSA) is 70.7 Å². The van der Waals surface area contributed by atoms with E-state index in [9.17, 15) is 9.18 Å². The highest BCUT2D eigenvalue weighted by Gasteiger charge is 2.26. The number of hydrogen-bond donors (Lipinski definition) is 2. The van der Waals surface area contributed by atoms with Crippen molar-refractivity contribution in [1.29, 1.82) is 0 Å². The van der Waals surface area contributed by atoms with Crippen LogP contribution in [0, 0.1) is 5.82 Å². The van der Waals surface area contributed by atoms with Gasteiger partial charge in [0.05, 0.1) is 12.2 Å². The number of carbonyl (C=O) groups is 1. The Morgan fingerprint density at radius 2 is 2.39 bits per heavy atom. The fourth-order valence-corrected chi connectivity index (χ4v) is 2.30. The lowest BCUT2D eigenvalue weighted by atomic mass is 10.1. The number of benzene rings is 1. The second-order valence-corrected chi connectivity index (χ2v) is 4.23. The molecule has 1 aliphatic carbocycles. The number of carbonyl (C=O) groups excluding carboxylic acids is 1. The molecule has 18 heavy (non-hydrogen) atoms. The number of aromatic nitrogens is 3. The number of fused-ring (bicyclic) bond motifs is 1. The van der Waals surface area contributed by atoms with Crippen molar-refractivity contribution in [2.24, 2.45) is 0 Å². The van der Waals surface area contributed by atoms with Gasteiger partial charge in [0.25, 0.3) is 5.91 Å². The molecule has 0 saturated carbocycles. The number of aromatic amines is 1. The Balaban J connectivity index is 1.81. The van der Waals surface area contributed by atoms with Crippen LogP contribution in [0.4, 0.5) is 4.39 Å². The highest BCUT2D eigenvalue weighted by Crippen LogP contribution is 2.32. The third kappa shape index (κ3) is 1.75. The second-order valence-electron chi connectivity index (χ2n) is 4.23. The number of nitrogens with one attached hydrogen (secondary N) is 2. The van der Waals surface area contributed by atoms with Crippen LogP contribution >= 0.6 is 0 Å². The third-order valence-electron chi connectivity index (χ3n) is 3.17. The molecule has 0 saturated heterocycles. The van der Waals surface area contributed by atoms with E-state index in [2.05, 4.69) is 20.7 Å². The summed E-state index contributed by atoms with van der Waals surface area (Å²) in [6.07, 6.45) is 2.71. The van der Waals surface area contributed by atoms with Crippen molar-refractivity contribution < 1.29 is 9.18 Å². The molecule has 1 aliphatic rings. The van der Waals surface area contributed by atoms with Crippen LogP contribution in [0.15, 0.2) is 24.4 Å². The zero-order valence-electron chi connectivity index (χ0n) is 9.48. The highest BCUT2D eigenvalue weighted by molar-refractivity contribution is 5.92. The van der Waals surface area contributed by atoms with E-state index in [1.54, 1.807) is 6.07 Å². The number of amides is 1. The Morgan fingerprint density at radius 3 is 3.17 bits per heavy atom. The molecule has 1 atom stereocenters. The fourth-order valence-electron chi connectivity index (χ4n) is 2.30. The van der Waals surface area contributed by atoms with Crippen molar-refractivity contribution >= 4 is 5.91 Å². The Hall–Kier alpha value is -2.24. The summed E-state index contributed by atoms with van der Waals surface area (Å²) < 4.78 is 13.5. The molecule has 1 heterocycles. The first-order valence-corrected chi connectivity index (χ1v) is 5.69. The van der Waals surface area contributed by atoms with E-state index < -0.39 is 0 Å². The third-order valence-corrected chi connectivity index (χ3v) is 3.17.